The van der Waals surface area contributed by atoms with Gasteiger partial charge in [-0.2, -0.15) is 0 Å². The molecule has 6 nitrogen and oxygen atoms in total. The van der Waals surface area contributed by atoms with Gasteiger partial charge in [0.2, 0.25) is 0 Å². The van der Waals surface area contributed by atoms with Gasteiger partial charge in [-0.1, -0.05) is 24.9 Å². The fraction of sp³-hybridized carbons (Fsp3) is 0.316. The first kappa shape index (κ1) is 19.8. The molecule has 0 atom stereocenters. The lowest BCUT2D eigenvalue weighted by atomic mass is 10.2. The van der Waals surface area contributed by atoms with Gasteiger partial charge in [-0.15, -0.1) is 0 Å². The molecule has 2 rings (SSSR count). The lowest BCUT2D eigenvalue weighted by Gasteiger charge is -2.14. The molecule has 0 aliphatic rings. The van der Waals surface area contributed by atoms with E-state index in [9.17, 15) is 4.79 Å². The minimum Gasteiger partial charge on any atom is -0.497 e. The fourth-order valence-corrected chi connectivity index (χ4v) is 2.41. The normalized spacial score (nSPS) is 10.2. The first-order valence-corrected chi connectivity index (χ1v) is 8.78. The van der Waals surface area contributed by atoms with Crippen molar-refractivity contribution in [3.63, 3.8) is 0 Å². The smallest absolute Gasteiger partial charge is 0.329 e. The van der Waals surface area contributed by atoms with Crippen molar-refractivity contribution in [1.29, 1.82) is 0 Å². The number of primary amides is 1. The van der Waals surface area contributed by atoms with E-state index < -0.39 is 6.03 Å². The van der Waals surface area contributed by atoms with Gasteiger partial charge in [-0.3, -0.25) is 0 Å². The minimum atomic E-state index is -0.637. The van der Waals surface area contributed by atoms with Crippen LogP contribution in [-0.2, 0) is 0 Å². The van der Waals surface area contributed by atoms with Crippen molar-refractivity contribution in [2.45, 2.75) is 19.3 Å². The number of hydrogen-bond donors (Lipinski definition) is 2. The number of hydrogen-bond acceptors (Lipinski definition) is 5. The molecule has 0 fully saturated rings. The standard InChI is InChI=1S/C19H24N2O4S/c1-23-16-8-6-10-18(14-16)25-12-4-2-3-11-24-17-9-5-7-15(13-17)21(26)19(20)22/h5-10,13-14,26H,2-4,11-12H2,1H3,(H2,20,22). The maximum atomic E-state index is 11.1. The number of amides is 2. The first-order valence-electron chi connectivity index (χ1n) is 8.38. The maximum Gasteiger partial charge on any atom is 0.329 e. The summed E-state index contributed by atoms with van der Waals surface area (Å²) >= 11 is 4.03. The van der Waals surface area contributed by atoms with Crippen LogP contribution in [0.15, 0.2) is 48.5 Å². The summed E-state index contributed by atoms with van der Waals surface area (Å²) in [5.74, 6) is 2.27. The van der Waals surface area contributed by atoms with Gasteiger partial charge in [-0.05, 0) is 43.5 Å². The number of methoxy groups -OCH3 is 1. The third-order valence-electron chi connectivity index (χ3n) is 3.64. The molecule has 0 unspecified atom stereocenters. The van der Waals surface area contributed by atoms with Crippen molar-refractivity contribution < 1.29 is 19.0 Å². The molecule has 0 bridgehead atoms. The summed E-state index contributed by atoms with van der Waals surface area (Å²) in [4.78, 5) is 11.1. The fourth-order valence-electron chi connectivity index (χ4n) is 2.28. The zero-order chi connectivity index (χ0) is 18.8. The van der Waals surface area contributed by atoms with Crippen molar-refractivity contribution in [1.82, 2.24) is 0 Å². The lowest BCUT2D eigenvalue weighted by molar-refractivity contribution is 0.257. The Kier molecular flexibility index (Phi) is 7.95. The highest BCUT2D eigenvalue weighted by Crippen LogP contribution is 2.22. The van der Waals surface area contributed by atoms with Gasteiger partial charge in [-0.25, -0.2) is 9.10 Å². The number of nitrogens with zero attached hydrogens (tertiary/aromatic N) is 1. The van der Waals surface area contributed by atoms with Crippen molar-refractivity contribution in [3.05, 3.63) is 48.5 Å². The van der Waals surface area contributed by atoms with Gasteiger partial charge in [0, 0.05) is 12.1 Å². The SMILES string of the molecule is COc1cccc(OCCCCCOc2cccc(N(S)C(N)=O)c2)c1. The van der Waals surface area contributed by atoms with Crippen LogP contribution >= 0.6 is 12.8 Å². The van der Waals surface area contributed by atoms with Crippen molar-refractivity contribution in [2.75, 3.05) is 24.6 Å². The van der Waals surface area contributed by atoms with E-state index in [4.69, 9.17) is 19.9 Å². The molecule has 0 aliphatic heterocycles. The van der Waals surface area contributed by atoms with Gasteiger partial charge < -0.3 is 19.9 Å². The molecule has 2 aromatic rings. The summed E-state index contributed by atoms with van der Waals surface area (Å²) in [6, 6.07) is 14.0. The average molecular weight is 376 g/mol. The van der Waals surface area contributed by atoms with Gasteiger partial charge in [0.1, 0.15) is 17.2 Å². The molecule has 26 heavy (non-hydrogen) atoms. The van der Waals surface area contributed by atoms with E-state index in [2.05, 4.69) is 12.8 Å². The van der Waals surface area contributed by atoms with Crippen LogP contribution in [0.5, 0.6) is 17.2 Å². The molecule has 0 saturated carbocycles. The lowest BCUT2D eigenvalue weighted by Crippen LogP contribution is -2.27. The predicted octanol–water partition coefficient (Wildman–Crippen LogP) is 4.05. The van der Waals surface area contributed by atoms with E-state index in [0.29, 0.717) is 24.7 Å². The summed E-state index contributed by atoms with van der Waals surface area (Å²) in [6.45, 7) is 1.24. The molecule has 2 amide bonds. The molecule has 2 aromatic carbocycles. The minimum absolute atomic E-state index is 0.574. The first-order chi connectivity index (χ1) is 12.6. The second-order valence-electron chi connectivity index (χ2n) is 5.58. The third-order valence-corrected chi connectivity index (χ3v) is 4.07. The zero-order valence-electron chi connectivity index (χ0n) is 14.8. The maximum absolute atomic E-state index is 11.1. The molecular formula is C19H24N2O4S. The van der Waals surface area contributed by atoms with Crippen LogP contribution in [0.2, 0.25) is 0 Å². The van der Waals surface area contributed by atoms with Crippen LogP contribution in [0.3, 0.4) is 0 Å². The number of ether oxygens (including phenoxy) is 3. The van der Waals surface area contributed by atoms with Crippen LogP contribution in [-0.4, -0.2) is 26.4 Å². The Morgan fingerprint density at radius 2 is 1.54 bits per heavy atom. The second kappa shape index (κ2) is 10.5. The Hall–Kier alpha value is -2.54. The largest absolute Gasteiger partial charge is 0.497 e. The second-order valence-corrected chi connectivity index (χ2v) is 5.98. The zero-order valence-corrected chi connectivity index (χ0v) is 15.7. The van der Waals surface area contributed by atoms with Crippen molar-refractivity contribution in [2.24, 2.45) is 5.73 Å². The van der Waals surface area contributed by atoms with E-state index in [1.165, 1.54) is 0 Å². The van der Waals surface area contributed by atoms with E-state index in [1.54, 1.807) is 25.3 Å². The molecule has 2 N–H and O–H groups in total. The Balaban J connectivity index is 1.63. The number of nitrogens with two attached hydrogens (primary N) is 1. The van der Waals surface area contributed by atoms with Crippen LogP contribution in [0.1, 0.15) is 19.3 Å². The summed E-state index contributed by atoms with van der Waals surface area (Å²) in [7, 11) is 1.64. The quantitative estimate of drug-likeness (QED) is 0.484. The van der Waals surface area contributed by atoms with E-state index in [-0.39, 0.29) is 0 Å². The summed E-state index contributed by atoms with van der Waals surface area (Å²) < 4.78 is 17.6. The molecule has 0 spiro atoms. The predicted molar refractivity (Wildman–Crippen MR) is 105 cm³/mol. The summed E-state index contributed by atoms with van der Waals surface area (Å²) in [5.41, 5.74) is 5.77. The van der Waals surface area contributed by atoms with Gasteiger partial charge in [0.15, 0.2) is 0 Å². The average Bonchev–Trinajstić information content (AvgIpc) is 2.67. The summed E-state index contributed by atoms with van der Waals surface area (Å²) in [5, 5.41) is 0. The van der Waals surface area contributed by atoms with Crippen molar-refractivity contribution >= 4 is 24.5 Å². The Labute approximate surface area is 159 Å². The molecule has 0 aromatic heterocycles. The number of thiol groups is 1. The van der Waals surface area contributed by atoms with E-state index in [1.807, 2.05) is 30.3 Å². The van der Waals surface area contributed by atoms with E-state index in [0.717, 1.165) is 35.1 Å². The van der Waals surface area contributed by atoms with Crippen LogP contribution in [0.25, 0.3) is 0 Å². The molecule has 0 radical (unpaired) electrons. The molecule has 0 saturated heterocycles. The van der Waals surface area contributed by atoms with Gasteiger partial charge >= 0.3 is 6.03 Å². The highest BCUT2D eigenvalue weighted by Gasteiger charge is 2.08. The van der Waals surface area contributed by atoms with Crippen LogP contribution in [0.4, 0.5) is 10.5 Å². The highest BCUT2D eigenvalue weighted by molar-refractivity contribution is 7.82. The molecule has 7 heteroatoms. The Morgan fingerprint density at radius 3 is 2.15 bits per heavy atom. The van der Waals surface area contributed by atoms with E-state index >= 15 is 0 Å². The third kappa shape index (κ3) is 6.40. The molecule has 0 aliphatic carbocycles. The number of unbranched alkanes of at least 4 members (excludes halogenated alkanes) is 2. The Bertz CT molecular complexity index is 711. The highest BCUT2D eigenvalue weighted by atomic mass is 32.1. The number of carbonyl (C=O) groups is 1. The molecule has 140 valence electrons. The van der Waals surface area contributed by atoms with Crippen LogP contribution in [0, 0.1) is 0 Å². The van der Waals surface area contributed by atoms with Crippen molar-refractivity contribution in [3.8, 4) is 17.2 Å². The number of urea groups is 1. The number of benzene rings is 2. The number of rotatable bonds is 10. The number of anilines is 1. The number of carbonyl (C=O) groups excluding carboxylic acids is 1. The monoisotopic (exact) mass is 376 g/mol. The topological polar surface area (TPSA) is 74.0 Å². The van der Waals surface area contributed by atoms with Gasteiger partial charge in [0.25, 0.3) is 0 Å². The Morgan fingerprint density at radius 1 is 0.962 bits per heavy atom. The summed E-state index contributed by atoms with van der Waals surface area (Å²) in [6.07, 6.45) is 2.84. The molecule has 0 heterocycles. The van der Waals surface area contributed by atoms with Gasteiger partial charge in [0.05, 0.1) is 26.0 Å². The molecular weight excluding hydrogens is 352 g/mol. The van der Waals surface area contributed by atoms with Crippen LogP contribution < -0.4 is 24.2 Å².